The molecule has 3 aromatic carbocycles. The van der Waals surface area contributed by atoms with Gasteiger partial charge in [0.25, 0.3) is 5.56 Å². The van der Waals surface area contributed by atoms with E-state index < -0.39 is 0 Å². The molecular formula is C28H23NOS. The SMILES string of the molecule is O=c1cc(Cc2cccc3ccccc23)c(C2CC2)c2sc(Cc3ccccc3)cn12. The van der Waals surface area contributed by atoms with Crippen LogP contribution in [0, 0.1) is 0 Å². The molecule has 0 amide bonds. The zero-order valence-electron chi connectivity index (χ0n) is 17.3. The van der Waals surface area contributed by atoms with Crippen LogP contribution in [0.5, 0.6) is 0 Å². The van der Waals surface area contributed by atoms with Gasteiger partial charge in [0, 0.05) is 23.6 Å². The number of hydrogen-bond acceptors (Lipinski definition) is 2. The van der Waals surface area contributed by atoms with Gasteiger partial charge in [-0.25, -0.2) is 0 Å². The molecule has 6 rings (SSSR count). The maximum Gasteiger partial charge on any atom is 0.256 e. The summed E-state index contributed by atoms with van der Waals surface area (Å²) in [5, 5.41) is 2.54. The second-order valence-electron chi connectivity index (χ2n) is 8.55. The van der Waals surface area contributed by atoms with Crippen molar-refractivity contribution in [3.05, 3.63) is 123 Å². The van der Waals surface area contributed by atoms with E-state index in [4.69, 9.17) is 0 Å². The van der Waals surface area contributed by atoms with Crippen LogP contribution in [-0.4, -0.2) is 4.40 Å². The van der Waals surface area contributed by atoms with Gasteiger partial charge >= 0.3 is 0 Å². The molecule has 1 aliphatic rings. The van der Waals surface area contributed by atoms with Crippen molar-refractivity contribution in [2.75, 3.05) is 0 Å². The molecule has 2 heterocycles. The van der Waals surface area contributed by atoms with E-state index in [1.54, 1.807) is 11.3 Å². The second-order valence-corrected chi connectivity index (χ2v) is 9.66. The standard InChI is InChI=1S/C28H23NOS/c30-26-17-23(16-22-11-6-10-20-9-4-5-12-25(20)22)27(21-13-14-21)28-29(26)18-24(31-28)15-19-7-2-1-3-8-19/h1-12,17-18,21H,13-16H2. The van der Waals surface area contributed by atoms with Crippen molar-refractivity contribution in [2.45, 2.75) is 31.6 Å². The largest absolute Gasteiger partial charge is 0.274 e. The van der Waals surface area contributed by atoms with E-state index in [1.807, 2.05) is 16.5 Å². The van der Waals surface area contributed by atoms with E-state index in [2.05, 4.69) is 72.9 Å². The molecule has 0 unspecified atom stereocenters. The molecular weight excluding hydrogens is 398 g/mol. The summed E-state index contributed by atoms with van der Waals surface area (Å²) in [5.74, 6) is 0.587. The molecule has 0 spiro atoms. The van der Waals surface area contributed by atoms with Crippen molar-refractivity contribution in [2.24, 2.45) is 0 Å². The molecule has 1 saturated carbocycles. The van der Waals surface area contributed by atoms with Gasteiger partial charge in [-0.15, -0.1) is 11.3 Å². The Morgan fingerprint density at radius 3 is 2.45 bits per heavy atom. The normalized spacial score (nSPS) is 13.8. The van der Waals surface area contributed by atoms with Crippen LogP contribution in [0.15, 0.2) is 89.9 Å². The van der Waals surface area contributed by atoms with Crippen LogP contribution in [-0.2, 0) is 12.8 Å². The first-order valence-electron chi connectivity index (χ1n) is 10.9. The van der Waals surface area contributed by atoms with Gasteiger partial charge in [-0.2, -0.15) is 0 Å². The Morgan fingerprint density at radius 2 is 1.61 bits per heavy atom. The summed E-state index contributed by atoms with van der Waals surface area (Å²) in [6.45, 7) is 0. The maximum atomic E-state index is 13.1. The number of fused-ring (bicyclic) bond motifs is 2. The van der Waals surface area contributed by atoms with Crippen LogP contribution in [0.2, 0.25) is 0 Å². The summed E-state index contributed by atoms with van der Waals surface area (Å²) in [5.41, 5.74) is 5.27. The van der Waals surface area contributed by atoms with Crippen LogP contribution in [0.25, 0.3) is 15.6 Å². The summed E-state index contributed by atoms with van der Waals surface area (Å²) in [7, 11) is 0. The van der Waals surface area contributed by atoms with Crippen LogP contribution in [0.1, 0.15) is 45.9 Å². The molecule has 0 bridgehead atoms. The minimum Gasteiger partial charge on any atom is -0.274 e. The maximum absolute atomic E-state index is 13.1. The molecule has 2 nitrogen and oxygen atoms in total. The fraction of sp³-hybridized carbons (Fsp3) is 0.179. The van der Waals surface area contributed by atoms with Crippen molar-refractivity contribution in [1.82, 2.24) is 4.40 Å². The van der Waals surface area contributed by atoms with Crippen LogP contribution in [0.3, 0.4) is 0 Å². The van der Waals surface area contributed by atoms with Crippen molar-refractivity contribution in [3.63, 3.8) is 0 Å². The topological polar surface area (TPSA) is 21.5 Å². The summed E-state index contributed by atoms with van der Waals surface area (Å²) in [4.78, 5) is 15.5. The highest BCUT2D eigenvalue weighted by Gasteiger charge is 2.30. The Labute approximate surface area is 185 Å². The highest BCUT2D eigenvalue weighted by atomic mass is 32.1. The highest BCUT2D eigenvalue weighted by molar-refractivity contribution is 7.17. The lowest BCUT2D eigenvalue weighted by atomic mass is 9.95. The van der Waals surface area contributed by atoms with E-state index in [0.29, 0.717) is 5.92 Å². The van der Waals surface area contributed by atoms with Crippen LogP contribution < -0.4 is 5.56 Å². The zero-order chi connectivity index (χ0) is 20.8. The molecule has 0 saturated heterocycles. The van der Waals surface area contributed by atoms with E-state index in [0.717, 1.165) is 17.7 Å². The molecule has 1 fully saturated rings. The van der Waals surface area contributed by atoms with Gasteiger partial charge in [0.2, 0.25) is 0 Å². The molecule has 0 N–H and O–H groups in total. The van der Waals surface area contributed by atoms with Crippen molar-refractivity contribution < 1.29 is 0 Å². The molecule has 3 heteroatoms. The predicted molar refractivity (Wildman–Crippen MR) is 130 cm³/mol. The van der Waals surface area contributed by atoms with Gasteiger partial charge < -0.3 is 0 Å². The van der Waals surface area contributed by atoms with E-state index in [1.165, 1.54) is 50.7 Å². The number of thiazole rings is 1. The summed E-state index contributed by atoms with van der Waals surface area (Å²) < 4.78 is 1.89. The lowest BCUT2D eigenvalue weighted by Crippen LogP contribution is -2.14. The molecule has 0 radical (unpaired) electrons. The predicted octanol–water partition coefficient (Wildman–Crippen LogP) is 6.57. The molecule has 31 heavy (non-hydrogen) atoms. The Morgan fingerprint density at radius 1 is 0.839 bits per heavy atom. The van der Waals surface area contributed by atoms with Crippen molar-refractivity contribution >= 4 is 26.9 Å². The van der Waals surface area contributed by atoms with Crippen LogP contribution in [0.4, 0.5) is 0 Å². The van der Waals surface area contributed by atoms with E-state index >= 15 is 0 Å². The number of pyridine rings is 1. The summed E-state index contributed by atoms with van der Waals surface area (Å²) in [6.07, 6.45) is 6.19. The van der Waals surface area contributed by atoms with Gasteiger partial charge in [0.15, 0.2) is 0 Å². The molecule has 0 atom stereocenters. The van der Waals surface area contributed by atoms with Gasteiger partial charge in [-0.3, -0.25) is 9.20 Å². The van der Waals surface area contributed by atoms with Gasteiger partial charge in [-0.05, 0) is 58.2 Å². The zero-order valence-corrected chi connectivity index (χ0v) is 18.1. The fourth-order valence-corrected chi connectivity index (χ4v) is 5.96. The Hall–Kier alpha value is -3.17. The minimum absolute atomic E-state index is 0.0881. The van der Waals surface area contributed by atoms with Gasteiger partial charge in [-0.1, -0.05) is 72.8 Å². The third-order valence-electron chi connectivity index (χ3n) is 6.30. The lowest BCUT2D eigenvalue weighted by molar-refractivity contribution is 1.00. The monoisotopic (exact) mass is 421 g/mol. The highest BCUT2D eigenvalue weighted by Crippen LogP contribution is 2.45. The molecule has 5 aromatic rings. The second kappa shape index (κ2) is 7.51. The third-order valence-corrected chi connectivity index (χ3v) is 7.42. The number of nitrogens with zero attached hydrogens (tertiary/aromatic N) is 1. The first kappa shape index (κ1) is 18.6. The van der Waals surface area contributed by atoms with E-state index in [9.17, 15) is 4.79 Å². The molecule has 152 valence electrons. The third kappa shape index (κ3) is 3.49. The van der Waals surface area contributed by atoms with Crippen molar-refractivity contribution in [3.8, 4) is 0 Å². The Kier molecular flexibility index (Phi) is 4.50. The smallest absolute Gasteiger partial charge is 0.256 e. The lowest BCUT2D eigenvalue weighted by Gasteiger charge is -2.12. The number of hydrogen-bond donors (Lipinski definition) is 0. The number of rotatable bonds is 5. The van der Waals surface area contributed by atoms with Crippen molar-refractivity contribution in [1.29, 1.82) is 0 Å². The first-order valence-corrected chi connectivity index (χ1v) is 11.8. The Bertz CT molecular complexity index is 1450. The number of aromatic nitrogens is 1. The summed E-state index contributed by atoms with van der Waals surface area (Å²) >= 11 is 1.79. The minimum atomic E-state index is 0.0881. The fourth-order valence-electron chi connectivity index (χ4n) is 4.67. The first-order chi connectivity index (χ1) is 15.3. The van der Waals surface area contributed by atoms with Gasteiger partial charge in [0.05, 0.1) is 0 Å². The van der Waals surface area contributed by atoms with Crippen LogP contribution >= 0.6 is 11.3 Å². The molecule has 0 aliphatic heterocycles. The molecule has 1 aliphatic carbocycles. The average Bonchev–Trinajstić information content (AvgIpc) is 3.54. The average molecular weight is 422 g/mol. The number of benzene rings is 3. The quantitative estimate of drug-likeness (QED) is 0.314. The Balaban J connectivity index is 1.47. The van der Waals surface area contributed by atoms with E-state index in [-0.39, 0.29) is 5.56 Å². The summed E-state index contributed by atoms with van der Waals surface area (Å²) in [6, 6.07) is 27.4. The molecule has 2 aromatic heterocycles. The van der Waals surface area contributed by atoms with Gasteiger partial charge in [0.1, 0.15) is 4.83 Å².